The van der Waals surface area contributed by atoms with Crippen molar-refractivity contribution in [2.24, 2.45) is 0 Å². The molecule has 2 rings (SSSR count). The average molecular weight is 222 g/mol. The standard InChI is InChI=1S/C13H18O3/c1-9(2)11-7-13-12(6-10(11)8-14)15-4-3-5-16-13/h6-7,9,14H,3-5,8H2,1-2H3. The third-order valence-electron chi connectivity index (χ3n) is 2.80. The van der Waals surface area contributed by atoms with Gasteiger partial charge in [-0.25, -0.2) is 0 Å². The Bertz CT molecular complexity index is 372. The molecule has 1 heterocycles. The molecule has 3 heteroatoms. The molecule has 1 aromatic rings. The number of hydrogen-bond donors (Lipinski definition) is 1. The molecule has 88 valence electrons. The quantitative estimate of drug-likeness (QED) is 0.835. The van der Waals surface area contributed by atoms with E-state index in [1.807, 2.05) is 12.1 Å². The maximum atomic E-state index is 9.34. The zero-order valence-corrected chi connectivity index (χ0v) is 9.82. The molecule has 0 unspecified atom stereocenters. The SMILES string of the molecule is CC(C)c1cc2c(cc1CO)OCCCO2. The maximum Gasteiger partial charge on any atom is 0.161 e. The first-order valence-electron chi connectivity index (χ1n) is 5.75. The number of aliphatic hydroxyl groups is 1. The fourth-order valence-corrected chi connectivity index (χ4v) is 1.94. The van der Waals surface area contributed by atoms with Crippen LogP contribution in [-0.4, -0.2) is 18.3 Å². The molecular formula is C13H18O3. The van der Waals surface area contributed by atoms with Crippen molar-refractivity contribution in [1.82, 2.24) is 0 Å². The zero-order chi connectivity index (χ0) is 11.5. The van der Waals surface area contributed by atoms with Crippen molar-refractivity contribution >= 4 is 0 Å². The van der Waals surface area contributed by atoms with E-state index in [-0.39, 0.29) is 6.61 Å². The van der Waals surface area contributed by atoms with Gasteiger partial charge in [0.2, 0.25) is 0 Å². The molecule has 0 aliphatic carbocycles. The van der Waals surface area contributed by atoms with E-state index in [0.29, 0.717) is 19.1 Å². The van der Waals surface area contributed by atoms with Gasteiger partial charge >= 0.3 is 0 Å². The summed E-state index contributed by atoms with van der Waals surface area (Å²) in [6, 6.07) is 3.90. The van der Waals surface area contributed by atoms with Crippen LogP contribution in [0.3, 0.4) is 0 Å². The summed E-state index contributed by atoms with van der Waals surface area (Å²) in [6.45, 7) is 5.64. The summed E-state index contributed by atoms with van der Waals surface area (Å²) in [7, 11) is 0. The van der Waals surface area contributed by atoms with Crippen molar-refractivity contribution in [3.05, 3.63) is 23.3 Å². The van der Waals surface area contributed by atoms with Gasteiger partial charge < -0.3 is 14.6 Å². The summed E-state index contributed by atoms with van der Waals surface area (Å²) in [5.41, 5.74) is 2.06. The molecule has 1 aliphatic heterocycles. The molecule has 1 N–H and O–H groups in total. The lowest BCUT2D eigenvalue weighted by Gasteiger charge is -2.15. The van der Waals surface area contributed by atoms with Crippen LogP contribution in [0.1, 0.15) is 37.3 Å². The van der Waals surface area contributed by atoms with E-state index in [2.05, 4.69) is 13.8 Å². The van der Waals surface area contributed by atoms with Crippen LogP contribution in [-0.2, 0) is 6.61 Å². The van der Waals surface area contributed by atoms with Crippen LogP contribution < -0.4 is 9.47 Å². The van der Waals surface area contributed by atoms with Gasteiger partial charge in [0.25, 0.3) is 0 Å². The lowest BCUT2D eigenvalue weighted by atomic mass is 9.97. The third kappa shape index (κ3) is 2.14. The number of ether oxygens (including phenoxy) is 2. The van der Waals surface area contributed by atoms with E-state index in [0.717, 1.165) is 29.0 Å². The predicted molar refractivity (Wildman–Crippen MR) is 62.1 cm³/mol. The second-order valence-electron chi connectivity index (χ2n) is 4.36. The number of hydrogen-bond acceptors (Lipinski definition) is 3. The Morgan fingerprint density at radius 1 is 1.19 bits per heavy atom. The molecular weight excluding hydrogens is 204 g/mol. The Kier molecular flexibility index (Phi) is 3.34. The van der Waals surface area contributed by atoms with Crippen molar-refractivity contribution < 1.29 is 14.6 Å². The summed E-state index contributed by atoms with van der Waals surface area (Å²) in [4.78, 5) is 0. The fourth-order valence-electron chi connectivity index (χ4n) is 1.94. The van der Waals surface area contributed by atoms with Crippen LogP contribution in [0.15, 0.2) is 12.1 Å². The summed E-state index contributed by atoms with van der Waals surface area (Å²) < 4.78 is 11.2. The highest BCUT2D eigenvalue weighted by Gasteiger charge is 2.15. The molecule has 16 heavy (non-hydrogen) atoms. The number of benzene rings is 1. The molecule has 0 fully saturated rings. The van der Waals surface area contributed by atoms with Crippen molar-refractivity contribution in [2.75, 3.05) is 13.2 Å². The van der Waals surface area contributed by atoms with Crippen LogP contribution in [0.5, 0.6) is 11.5 Å². The van der Waals surface area contributed by atoms with Crippen LogP contribution >= 0.6 is 0 Å². The Morgan fingerprint density at radius 3 is 2.38 bits per heavy atom. The molecule has 1 aromatic carbocycles. The molecule has 1 aliphatic rings. The second-order valence-corrected chi connectivity index (χ2v) is 4.36. The summed E-state index contributed by atoms with van der Waals surface area (Å²) in [5.74, 6) is 1.93. The van der Waals surface area contributed by atoms with Crippen LogP contribution in [0.2, 0.25) is 0 Å². The molecule has 0 amide bonds. The van der Waals surface area contributed by atoms with Gasteiger partial charge in [-0.2, -0.15) is 0 Å². The molecule has 0 spiro atoms. The Labute approximate surface area is 96.0 Å². The van der Waals surface area contributed by atoms with E-state index in [4.69, 9.17) is 9.47 Å². The van der Waals surface area contributed by atoms with Gasteiger partial charge in [-0.05, 0) is 29.2 Å². The summed E-state index contributed by atoms with van der Waals surface area (Å²) in [6.07, 6.45) is 0.903. The molecule has 0 bridgehead atoms. The first kappa shape index (κ1) is 11.3. The number of aliphatic hydroxyl groups excluding tert-OH is 1. The molecule has 0 atom stereocenters. The highest BCUT2D eigenvalue weighted by atomic mass is 16.5. The average Bonchev–Trinajstić information content (AvgIpc) is 2.51. The minimum Gasteiger partial charge on any atom is -0.490 e. The van der Waals surface area contributed by atoms with E-state index in [9.17, 15) is 5.11 Å². The summed E-state index contributed by atoms with van der Waals surface area (Å²) in [5, 5.41) is 9.34. The molecule has 0 saturated heterocycles. The lowest BCUT2D eigenvalue weighted by molar-refractivity contribution is 0.278. The van der Waals surface area contributed by atoms with Gasteiger partial charge in [0.05, 0.1) is 19.8 Å². The maximum absolute atomic E-state index is 9.34. The van der Waals surface area contributed by atoms with Crippen LogP contribution in [0.4, 0.5) is 0 Å². The van der Waals surface area contributed by atoms with Crippen LogP contribution in [0.25, 0.3) is 0 Å². The van der Waals surface area contributed by atoms with Gasteiger partial charge in [-0.3, -0.25) is 0 Å². The molecule has 0 saturated carbocycles. The number of fused-ring (bicyclic) bond motifs is 1. The second kappa shape index (κ2) is 4.74. The Morgan fingerprint density at radius 2 is 1.81 bits per heavy atom. The van der Waals surface area contributed by atoms with Gasteiger partial charge in [-0.15, -0.1) is 0 Å². The Hall–Kier alpha value is -1.22. The molecule has 0 aromatic heterocycles. The van der Waals surface area contributed by atoms with E-state index in [1.54, 1.807) is 0 Å². The van der Waals surface area contributed by atoms with Gasteiger partial charge in [0, 0.05) is 6.42 Å². The predicted octanol–water partition coefficient (Wildman–Crippen LogP) is 2.46. The minimum atomic E-state index is 0.0458. The van der Waals surface area contributed by atoms with E-state index in [1.165, 1.54) is 0 Å². The zero-order valence-electron chi connectivity index (χ0n) is 9.82. The van der Waals surface area contributed by atoms with E-state index >= 15 is 0 Å². The van der Waals surface area contributed by atoms with Crippen molar-refractivity contribution in [2.45, 2.75) is 32.8 Å². The van der Waals surface area contributed by atoms with Gasteiger partial charge in [0.15, 0.2) is 11.5 Å². The topological polar surface area (TPSA) is 38.7 Å². The fraction of sp³-hybridized carbons (Fsp3) is 0.538. The van der Waals surface area contributed by atoms with Crippen LogP contribution in [0, 0.1) is 0 Å². The molecule has 3 nitrogen and oxygen atoms in total. The smallest absolute Gasteiger partial charge is 0.161 e. The highest BCUT2D eigenvalue weighted by Crippen LogP contribution is 2.35. The van der Waals surface area contributed by atoms with Gasteiger partial charge in [0.1, 0.15) is 0 Å². The highest BCUT2D eigenvalue weighted by molar-refractivity contribution is 5.48. The molecule has 0 radical (unpaired) electrons. The van der Waals surface area contributed by atoms with Crippen molar-refractivity contribution in [1.29, 1.82) is 0 Å². The minimum absolute atomic E-state index is 0.0458. The first-order valence-corrected chi connectivity index (χ1v) is 5.75. The van der Waals surface area contributed by atoms with Crippen molar-refractivity contribution in [3.63, 3.8) is 0 Å². The van der Waals surface area contributed by atoms with Gasteiger partial charge in [-0.1, -0.05) is 13.8 Å². The Balaban J connectivity index is 2.44. The third-order valence-corrected chi connectivity index (χ3v) is 2.80. The van der Waals surface area contributed by atoms with Crippen molar-refractivity contribution in [3.8, 4) is 11.5 Å². The lowest BCUT2D eigenvalue weighted by Crippen LogP contribution is -2.00. The monoisotopic (exact) mass is 222 g/mol. The number of rotatable bonds is 2. The van der Waals surface area contributed by atoms with E-state index < -0.39 is 0 Å². The summed E-state index contributed by atoms with van der Waals surface area (Å²) >= 11 is 0. The first-order chi connectivity index (χ1) is 7.72. The largest absolute Gasteiger partial charge is 0.490 e. The normalized spacial score (nSPS) is 15.0.